The third kappa shape index (κ3) is 3.25. The Hall–Kier alpha value is -0.0800. The minimum absolute atomic E-state index is 0.269. The van der Waals surface area contributed by atoms with Crippen LogP contribution >= 0.6 is 0 Å². The van der Waals surface area contributed by atoms with Crippen molar-refractivity contribution < 1.29 is 5.11 Å². The van der Waals surface area contributed by atoms with Crippen LogP contribution < -0.4 is 5.32 Å². The van der Waals surface area contributed by atoms with Gasteiger partial charge in [0, 0.05) is 12.1 Å². The van der Waals surface area contributed by atoms with E-state index in [4.69, 9.17) is 0 Å². The largest absolute Gasteiger partial charge is 0.395 e. The van der Waals surface area contributed by atoms with Crippen LogP contribution in [0.25, 0.3) is 0 Å². The molecule has 0 radical (unpaired) electrons. The zero-order valence-corrected chi connectivity index (χ0v) is 9.79. The third-order valence-corrected chi connectivity index (χ3v) is 3.57. The normalized spacial score (nSPS) is 29.8. The molecule has 0 bridgehead atoms. The van der Waals surface area contributed by atoms with Gasteiger partial charge in [-0.3, -0.25) is 0 Å². The molecule has 0 heterocycles. The smallest absolute Gasteiger partial charge is 0.0587 e. The predicted octanol–water partition coefficient (Wildman–Crippen LogP) is 2.17. The number of aliphatic hydroxyl groups is 1. The lowest BCUT2D eigenvalue weighted by Crippen LogP contribution is -2.42. The fourth-order valence-corrected chi connectivity index (χ4v) is 2.36. The topological polar surface area (TPSA) is 32.3 Å². The summed E-state index contributed by atoms with van der Waals surface area (Å²) in [7, 11) is 0. The zero-order valence-electron chi connectivity index (χ0n) is 9.79. The molecule has 0 saturated heterocycles. The lowest BCUT2D eigenvalue weighted by Gasteiger charge is -2.24. The van der Waals surface area contributed by atoms with Crippen molar-refractivity contribution in [3.8, 4) is 0 Å². The lowest BCUT2D eigenvalue weighted by atomic mass is 10.0. The maximum absolute atomic E-state index is 9.22. The van der Waals surface area contributed by atoms with Gasteiger partial charge in [0.15, 0.2) is 0 Å². The van der Waals surface area contributed by atoms with E-state index in [-0.39, 0.29) is 12.6 Å². The molecule has 14 heavy (non-hydrogen) atoms. The molecule has 0 amide bonds. The highest BCUT2D eigenvalue weighted by Crippen LogP contribution is 2.28. The quantitative estimate of drug-likeness (QED) is 0.711. The Kier molecular flexibility index (Phi) is 4.90. The van der Waals surface area contributed by atoms with Crippen molar-refractivity contribution in [3.63, 3.8) is 0 Å². The average Bonchev–Trinajstić information content (AvgIpc) is 2.61. The first kappa shape index (κ1) is 12.0. The second kappa shape index (κ2) is 5.72. The van der Waals surface area contributed by atoms with Crippen molar-refractivity contribution in [2.45, 2.75) is 58.5 Å². The lowest BCUT2D eigenvalue weighted by molar-refractivity contribution is 0.198. The van der Waals surface area contributed by atoms with Crippen LogP contribution in [0.2, 0.25) is 0 Å². The van der Waals surface area contributed by atoms with Gasteiger partial charge < -0.3 is 10.4 Å². The van der Waals surface area contributed by atoms with Crippen molar-refractivity contribution >= 4 is 0 Å². The summed E-state index contributed by atoms with van der Waals surface area (Å²) in [5.41, 5.74) is 0. The zero-order chi connectivity index (χ0) is 10.6. The fraction of sp³-hybridized carbons (Fsp3) is 1.00. The van der Waals surface area contributed by atoms with Gasteiger partial charge in [0.1, 0.15) is 0 Å². The molecule has 1 aliphatic carbocycles. The molecule has 0 aliphatic heterocycles. The molecule has 1 fully saturated rings. The SMILES string of the molecule is CCC1CCC(N[C@H](CO)C(C)C)C1. The van der Waals surface area contributed by atoms with E-state index in [2.05, 4.69) is 26.1 Å². The third-order valence-electron chi connectivity index (χ3n) is 3.57. The van der Waals surface area contributed by atoms with Gasteiger partial charge >= 0.3 is 0 Å². The minimum atomic E-state index is 0.269. The van der Waals surface area contributed by atoms with Crippen LogP contribution in [0.3, 0.4) is 0 Å². The number of nitrogens with one attached hydrogen (secondary N) is 1. The monoisotopic (exact) mass is 199 g/mol. The summed E-state index contributed by atoms with van der Waals surface area (Å²) >= 11 is 0. The van der Waals surface area contributed by atoms with Gasteiger partial charge in [0.2, 0.25) is 0 Å². The van der Waals surface area contributed by atoms with Crippen LogP contribution in [0, 0.1) is 11.8 Å². The van der Waals surface area contributed by atoms with Crippen molar-refractivity contribution in [2.75, 3.05) is 6.61 Å². The summed E-state index contributed by atoms with van der Waals surface area (Å²) in [5.74, 6) is 1.44. The minimum Gasteiger partial charge on any atom is -0.395 e. The molecule has 2 nitrogen and oxygen atoms in total. The first-order chi connectivity index (χ1) is 6.67. The standard InChI is InChI=1S/C12H25NO/c1-4-10-5-6-11(7-10)13-12(8-14)9(2)3/h9-14H,4-8H2,1-3H3/t10?,11?,12-/m1/s1. The molecule has 3 atom stereocenters. The van der Waals surface area contributed by atoms with Crippen molar-refractivity contribution in [1.82, 2.24) is 5.32 Å². The van der Waals surface area contributed by atoms with Gasteiger partial charge in [-0.15, -0.1) is 0 Å². The summed E-state index contributed by atoms with van der Waals surface area (Å²) in [6.45, 7) is 6.88. The van der Waals surface area contributed by atoms with Crippen LogP contribution in [0.15, 0.2) is 0 Å². The van der Waals surface area contributed by atoms with Gasteiger partial charge in [-0.1, -0.05) is 27.2 Å². The summed E-state index contributed by atoms with van der Waals surface area (Å²) in [6.07, 6.45) is 5.27. The Bertz CT molecular complexity index is 158. The second-order valence-electron chi connectivity index (χ2n) is 4.98. The number of aliphatic hydroxyl groups excluding tert-OH is 1. The highest BCUT2D eigenvalue weighted by Gasteiger charge is 2.25. The Balaban J connectivity index is 2.30. The Morgan fingerprint density at radius 1 is 1.36 bits per heavy atom. The summed E-state index contributed by atoms with van der Waals surface area (Å²) < 4.78 is 0. The molecule has 1 aliphatic rings. The second-order valence-corrected chi connectivity index (χ2v) is 4.98. The predicted molar refractivity (Wildman–Crippen MR) is 60.3 cm³/mol. The summed E-state index contributed by atoms with van der Waals surface area (Å²) in [6, 6.07) is 0.940. The number of hydrogen-bond donors (Lipinski definition) is 2. The van der Waals surface area contributed by atoms with Crippen molar-refractivity contribution in [3.05, 3.63) is 0 Å². The molecular weight excluding hydrogens is 174 g/mol. The Labute approximate surface area is 88.1 Å². The molecular formula is C12H25NO. The van der Waals surface area contributed by atoms with E-state index in [1.165, 1.54) is 25.7 Å². The highest BCUT2D eigenvalue weighted by molar-refractivity contribution is 4.83. The molecule has 2 unspecified atom stereocenters. The molecule has 0 aromatic heterocycles. The molecule has 0 aromatic rings. The molecule has 84 valence electrons. The molecule has 2 N–H and O–H groups in total. The van der Waals surface area contributed by atoms with E-state index in [0.717, 1.165) is 5.92 Å². The van der Waals surface area contributed by atoms with Gasteiger partial charge in [0.05, 0.1) is 6.61 Å². The maximum Gasteiger partial charge on any atom is 0.0587 e. The maximum atomic E-state index is 9.22. The van der Waals surface area contributed by atoms with E-state index < -0.39 is 0 Å². The Morgan fingerprint density at radius 2 is 2.07 bits per heavy atom. The molecule has 2 heteroatoms. The van der Waals surface area contributed by atoms with Gasteiger partial charge in [-0.05, 0) is 31.1 Å². The summed E-state index contributed by atoms with van der Waals surface area (Å²) in [4.78, 5) is 0. The van der Waals surface area contributed by atoms with Crippen LogP contribution in [0.5, 0.6) is 0 Å². The highest BCUT2D eigenvalue weighted by atomic mass is 16.3. The molecule has 1 rings (SSSR count). The van der Waals surface area contributed by atoms with Crippen molar-refractivity contribution in [2.24, 2.45) is 11.8 Å². The molecule has 0 aromatic carbocycles. The number of hydrogen-bond acceptors (Lipinski definition) is 2. The van der Waals surface area contributed by atoms with E-state index >= 15 is 0 Å². The van der Waals surface area contributed by atoms with E-state index in [1.54, 1.807) is 0 Å². The van der Waals surface area contributed by atoms with Gasteiger partial charge in [-0.25, -0.2) is 0 Å². The average molecular weight is 199 g/mol. The first-order valence-electron chi connectivity index (χ1n) is 6.04. The first-order valence-corrected chi connectivity index (χ1v) is 6.04. The summed E-state index contributed by atoms with van der Waals surface area (Å²) in [5, 5.41) is 12.8. The van der Waals surface area contributed by atoms with Crippen LogP contribution in [0.1, 0.15) is 46.5 Å². The van der Waals surface area contributed by atoms with E-state index in [9.17, 15) is 5.11 Å². The molecule has 1 saturated carbocycles. The fourth-order valence-electron chi connectivity index (χ4n) is 2.36. The Morgan fingerprint density at radius 3 is 2.50 bits per heavy atom. The van der Waals surface area contributed by atoms with Gasteiger partial charge in [0.25, 0.3) is 0 Å². The van der Waals surface area contributed by atoms with Gasteiger partial charge in [-0.2, -0.15) is 0 Å². The molecule has 0 spiro atoms. The van der Waals surface area contributed by atoms with Crippen LogP contribution in [0.4, 0.5) is 0 Å². The van der Waals surface area contributed by atoms with E-state index in [1.807, 2.05) is 0 Å². The number of rotatable bonds is 5. The van der Waals surface area contributed by atoms with Crippen LogP contribution in [-0.2, 0) is 0 Å². The van der Waals surface area contributed by atoms with E-state index in [0.29, 0.717) is 12.0 Å². The van der Waals surface area contributed by atoms with Crippen LogP contribution in [-0.4, -0.2) is 23.8 Å². The van der Waals surface area contributed by atoms with Crippen molar-refractivity contribution in [1.29, 1.82) is 0 Å².